The zero-order valence-electron chi connectivity index (χ0n) is 12.0. The highest BCUT2D eigenvalue weighted by Gasteiger charge is 2.17. The van der Waals surface area contributed by atoms with Gasteiger partial charge >= 0.3 is 0 Å². The van der Waals surface area contributed by atoms with Crippen molar-refractivity contribution in [2.24, 2.45) is 0 Å². The van der Waals surface area contributed by atoms with E-state index in [1.807, 2.05) is 0 Å². The molecule has 1 N–H and O–H groups in total. The maximum Gasteiger partial charge on any atom is 0.268 e. The molecule has 0 unspecified atom stereocenters. The molecule has 6 nitrogen and oxygen atoms in total. The van der Waals surface area contributed by atoms with Gasteiger partial charge in [-0.25, -0.2) is 5.10 Å². The van der Waals surface area contributed by atoms with Crippen LogP contribution in [0.15, 0.2) is 23.0 Å². The van der Waals surface area contributed by atoms with Crippen molar-refractivity contribution in [3.8, 4) is 28.5 Å². The van der Waals surface area contributed by atoms with E-state index in [9.17, 15) is 4.79 Å². The van der Waals surface area contributed by atoms with Crippen LogP contribution in [0.1, 0.15) is 5.56 Å². The van der Waals surface area contributed by atoms with Gasteiger partial charge in [0.05, 0.1) is 32.6 Å². The molecule has 2 aromatic rings. The number of methoxy groups -OCH3 is 3. The molecule has 0 aliphatic rings. The van der Waals surface area contributed by atoms with Gasteiger partial charge in [0.25, 0.3) is 5.56 Å². The number of hydrogen-bond acceptors (Lipinski definition) is 6. The molecule has 2 rings (SSSR count). The number of H-pyrrole nitrogens is 1. The average Bonchev–Trinajstić information content (AvgIpc) is 2.54. The van der Waals surface area contributed by atoms with E-state index in [0.29, 0.717) is 39.8 Å². The van der Waals surface area contributed by atoms with Gasteiger partial charge in [-0.1, -0.05) is 0 Å². The molecular weight excluding hydrogens is 292 g/mol. The second kappa shape index (κ2) is 6.53. The minimum Gasteiger partial charge on any atom is -0.496 e. The van der Waals surface area contributed by atoms with Gasteiger partial charge in [0.1, 0.15) is 17.2 Å². The second-order valence-corrected chi connectivity index (χ2v) is 4.49. The van der Waals surface area contributed by atoms with Crippen molar-refractivity contribution in [3.63, 3.8) is 0 Å². The van der Waals surface area contributed by atoms with Crippen molar-refractivity contribution < 1.29 is 14.2 Å². The van der Waals surface area contributed by atoms with Crippen molar-refractivity contribution in [3.05, 3.63) is 34.1 Å². The van der Waals surface area contributed by atoms with E-state index in [0.717, 1.165) is 0 Å². The van der Waals surface area contributed by atoms with E-state index in [1.165, 1.54) is 0 Å². The van der Waals surface area contributed by atoms with Crippen LogP contribution in [0.3, 0.4) is 0 Å². The molecule has 0 amide bonds. The third-order valence-corrected chi connectivity index (χ3v) is 3.36. The Morgan fingerprint density at radius 1 is 1.10 bits per heavy atom. The summed E-state index contributed by atoms with van der Waals surface area (Å²) >= 11 is 4.14. The Labute approximate surface area is 127 Å². The number of rotatable bonds is 5. The largest absolute Gasteiger partial charge is 0.496 e. The van der Waals surface area contributed by atoms with Gasteiger partial charge in [-0.2, -0.15) is 17.7 Å². The van der Waals surface area contributed by atoms with Gasteiger partial charge in [0.15, 0.2) is 0 Å². The predicted molar refractivity (Wildman–Crippen MR) is 82.6 cm³/mol. The number of nitrogens with zero attached hydrogens (tertiary/aromatic N) is 1. The van der Waals surface area contributed by atoms with Crippen LogP contribution in [0, 0.1) is 0 Å². The van der Waals surface area contributed by atoms with Crippen LogP contribution in [0.5, 0.6) is 17.2 Å². The molecule has 0 fully saturated rings. The lowest BCUT2D eigenvalue weighted by molar-refractivity contribution is 0.377. The van der Waals surface area contributed by atoms with E-state index < -0.39 is 0 Å². The fraction of sp³-hybridized carbons (Fsp3) is 0.286. The topological polar surface area (TPSA) is 73.4 Å². The third-order valence-electron chi connectivity index (χ3n) is 3.02. The van der Waals surface area contributed by atoms with Crippen molar-refractivity contribution in [2.45, 2.75) is 5.75 Å². The molecule has 1 heterocycles. The molecule has 112 valence electrons. The first-order valence-corrected chi connectivity index (χ1v) is 6.77. The summed E-state index contributed by atoms with van der Waals surface area (Å²) in [5.74, 6) is 1.99. The number of hydrogen-bond donors (Lipinski definition) is 2. The monoisotopic (exact) mass is 308 g/mol. The van der Waals surface area contributed by atoms with Gasteiger partial charge in [0.2, 0.25) is 0 Å². The number of thiol groups is 1. The fourth-order valence-corrected chi connectivity index (χ4v) is 2.18. The summed E-state index contributed by atoms with van der Waals surface area (Å²) in [6.45, 7) is 0. The molecule has 0 spiro atoms. The molecule has 7 heteroatoms. The van der Waals surface area contributed by atoms with Crippen LogP contribution in [0.4, 0.5) is 0 Å². The number of ether oxygens (including phenoxy) is 3. The Hall–Kier alpha value is -2.15. The zero-order chi connectivity index (χ0) is 15.4. The first-order valence-electron chi connectivity index (χ1n) is 6.14. The van der Waals surface area contributed by atoms with Crippen LogP contribution < -0.4 is 19.8 Å². The zero-order valence-corrected chi connectivity index (χ0v) is 12.9. The highest BCUT2D eigenvalue weighted by atomic mass is 32.1. The Kier molecular flexibility index (Phi) is 4.74. The first-order chi connectivity index (χ1) is 10.1. The van der Waals surface area contributed by atoms with Crippen LogP contribution in [-0.4, -0.2) is 31.5 Å². The lowest BCUT2D eigenvalue weighted by Gasteiger charge is -2.14. The van der Waals surface area contributed by atoms with Crippen LogP contribution in [-0.2, 0) is 5.75 Å². The number of aromatic amines is 1. The molecule has 0 bridgehead atoms. The smallest absolute Gasteiger partial charge is 0.268 e. The SMILES string of the molecule is COc1cc(OC)c(-c2cc(CS)c(=O)[nH]n2)c(OC)c1. The van der Waals surface area contributed by atoms with E-state index in [1.54, 1.807) is 39.5 Å². The molecular formula is C14H16N2O4S. The second-order valence-electron chi connectivity index (χ2n) is 4.17. The van der Waals surface area contributed by atoms with Crippen LogP contribution in [0.2, 0.25) is 0 Å². The summed E-state index contributed by atoms with van der Waals surface area (Å²) < 4.78 is 16.0. The summed E-state index contributed by atoms with van der Waals surface area (Å²) in [6, 6.07) is 5.12. The summed E-state index contributed by atoms with van der Waals surface area (Å²) in [6.07, 6.45) is 0. The van der Waals surface area contributed by atoms with Gasteiger partial charge in [-0.3, -0.25) is 4.79 Å². The van der Waals surface area contributed by atoms with Crippen LogP contribution >= 0.6 is 12.6 Å². The van der Waals surface area contributed by atoms with Crippen LogP contribution in [0.25, 0.3) is 11.3 Å². The van der Waals surface area contributed by atoms with E-state index in [-0.39, 0.29) is 5.56 Å². The van der Waals surface area contributed by atoms with Crippen molar-refractivity contribution in [1.82, 2.24) is 10.2 Å². The predicted octanol–water partition coefficient (Wildman–Crippen LogP) is 1.89. The van der Waals surface area contributed by atoms with Gasteiger partial charge in [0, 0.05) is 23.4 Å². The minimum absolute atomic E-state index is 0.264. The highest BCUT2D eigenvalue weighted by Crippen LogP contribution is 2.40. The average molecular weight is 308 g/mol. The number of nitrogens with one attached hydrogen (secondary N) is 1. The summed E-state index contributed by atoms with van der Waals surface area (Å²) in [5, 5.41) is 6.51. The third kappa shape index (κ3) is 2.97. The maximum atomic E-state index is 11.6. The van der Waals surface area contributed by atoms with Crippen molar-refractivity contribution >= 4 is 12.6 Å². The first kappa shape index (κ1) is 15.2. The van der Waals surface area contributed by atoms with Crippen molar-refractivity contribution in [2.75, 3.05) is 21.3 Å². The maximum absolute atomic E-state index is 11.6. The molecule has 1 aromatic carbocycles. The van der Waals surface area contributed by atoms with Gasteiger partial charge < -0.3 is 14.2 Å². The summed E-state index contributed by atoms with van der Waals surface area (Å²) in [4.78, 5) is 11.6. The Balaban J connectivity index is 2.69. The molecule has 0 atom stereocenters. The molecule has 0 saturated carbocycles. The van der Waals surface area contributed by atoms with E-state index in [4.69, 9.17) is 14.2 Å². The lowest BCUT2D eigenvalue weighted by atomic mass is 10.1. The lowest BCUT2D eigenvalue weighted by Crippen LogP contribution is -2.13. The minimum atomic E-state index is -0.264. The molecule has 0 aliphatic carbocycles. The number of benzene rings is 1. The quantitative estimate of drug-likeness (QED) is 0.825. The molecule has 21 heavy (non-hydrogen) atoms. The molecule has 1 aromatic heterocycles. The summed E-state index contributed by atoms with van der Waals surface area (Å²) in [5.41, 5.74) is 1.43. The molecule has 0 radical (unpaired) electrons. The van der Waals surface area contributed by atoms with Gasteiger partial charge in [-0.05, 0) is 6.07 Å². The Bertz CT molecular complexity index is 675. The van der Waals surface area contributed by atoms with E-state index in [2.05, 4.69) is 22.8 Å². The molecule has 0 saturated heterocycles. The van der Waals surface area contributed by atoms with E-state index >= 15 is 0 Å². The Morgan fingerprint density at radius 3 is 2.19 bits per heavy atom. The highest BCUT2D eigenvalue weighted by molar-refractivity contribution is 7.79. The fourth-order valence-electron chi connectivity index (χ4n) is 1.95. The molecule has 0 aliphatic heterocycles. The van der Waals surface area contributed by atoms with Gasteiger partial charge in [-0.15, -0.1) is 0 Å². The van der Waals surface area contributed by atoms with Crippen molar-refractivity contribution in [1.29, 1.82) is 0 Å². The normalized spacial score (nSPS) is 10.3. The number of aromatic nitrogens is 2. The standard InChI is InChI=1S/C14H16N2O4S/c1-18-9-5-11(19-2)13(12(6-9)20-3)10-4-8(7-21)14(17)16-15-10/h4-6,21H,7H2,1-3H3,(H,16,17). The summed E-state index contributed by atoms with van der Waals surface area (Å²) in [7, 11) is 4.65. The Morgan fingerprint density at radius 2 is 1.71 bits per heavy atom.